The topological polar surface area (TPSA) is 56.8 Å². The molecule has 0 bridgehead atoms. The number of thiophene rings is 1. The van der Waals surface area contributed by atoms with Crippen molar-refractivity contribution < 1.29 is 0 Å². The highest BCUT2D eigenvalue weighted by atomic mass is 79.9. The first kappa shape index (κ1) is 12.1. The van der Waals surface area contributed by atoms with Crippen LogP contribution in [-0.4, -0.2) is 40.9 Å². The molecule has 0 radical (unpaired) electrons. The van der Waals surface area contributed by atoms with Crippen molar-refractivity contribution in [3.05, 3.63) is 15.9 Å². The Morgan fingerprint density at radius 1 is 1.50 bits per heavy atom. The molecule has 0 unspecified atom stereocenters. The van der Waals surface area contributed by atoms with Crippen LogP contribution in [0.15, 0.2) is 15.9 Å². The maximum atomic E-state index is 4.57. The number of hydrogen-bond donors (Lipinski definition) is 2. The summed E-state index contributed by atoms with van der Waals surface area (Å²) in [5.74, 6) is 1.63. The number of H-pyrrole nitrogens is 1. The Hall–Kier alpha value is -0.920. The zero-order chi connectivity index (χ0) is 12.5. The van der Waals surface area contributed by atoms with E-state index in [0.717, 1.165) is 40.1 Å². The van der Waals surface area contributed by atoms with Crippen LogP contribution >= 0.6 is 27.3 Å². The molecule has 96 valence electrons. The smallest absolute Gasteiger partial charge is 0.245 e. The van der Waals surface area contributed by atoms with Crippen molar-refractivity contribution in [3.8, 4) is 10.7 Å². The van der Waals surface area contributed by atoms with Crippen LogP contribution in [0, 0.1) is 0 Å². The van der Waals surface area contributed by atoms with Gasteiger partial charge in [-0.2, -0.15) is 4.98 Å². The number of aromatic amines is 1. The van der Waals surface area contributed by atoms with Gasteiger partial charge in [0.05, 0.1) is 8.66 Å². The van der Waals surface area contributed by atoms with Gasteiger partial charge in [0.25, 0.3) is 0 Å². The van der Waals surface area contributed by atoms with Gasteiger partial charge in [0, 0.05) is 25.7 Å². The van der Waals surface area contributed by atoms with E-state index in [2.05, 4.69) is 48.3 Å². The lowest BCUT2D eigenvalue weighted by Gasteiger charge is -2.30. The number of halogens is 1. The van der Waals surface area contributed by atoms with Gasteiger partial charge in [0.1, 0.15) is 0 Å². The van der Waals surface area contributed by atoms with Gasteiger partial charge in [-0.15, -0.1) is 16.4 Å². The Bertz CT molecular complexity index is 537. The quantitative estimate of drug-likeness (QED) is 0.886. The molecule has 7 heteroatoms. The molecule has 1 atom stereocenters. The molecule has 0 aromatic carbocycles. The fourth-order valence-electron chi connectivity index (χ4n) is 2.06. The van der Waals surface area contributed by atoms with Crippen LogP contribution in [0.3, 0.4) is 0 Å². The van der Waals surface area contributed by atoms with E-state index in [0.29, 0.717) is 6.04 Å². The zero-order valence-electron chi connectivity index (χ0n) is 9.98. The predicted molar refractivity (Wildman–Crippen MR) is 77.1 cm³/mol. The Balaban J connectivity index is 1.80. The van der Waals surface area contributed by atoms with Crippen LogP contribution in [0.5, 0.6) is 0 Å². The number of anilines is 1. The molecule has 2 aromatic heterocycles. The van der Waals surface area contributed by atoms with Gasteiger partial charge < -0.3 is 10.2 Å². The Kier molecular flexibility index (Phi) is 3.36. The van der Waals surface area contributed by atoms with Crippen molar-refractivity contribution in [3.63, 3.8) is 0 Å². The molecule has 3 heterocycles. The van der Waals surface area contributed by atoms with Gasteiger partial charge in [-0.25, -0.2) is 0 Å². The number of rotatable bonds is 2. The minimum absolute atomic E-state index is 0.483. The predicted octanol–water partition coefficient (Wildman–Crippen LogP) is 2.09. The van der Waals surface area contributed by atoms with Gasteiger partial charge >= 0.3 is 0 Å². The zero-order valence-corrected chi connectivity index (χ0v) is 12.4. The van der Waals surface area contributed by atoms with Crippen molar-refractivity contribution in [2.45, 2.75) is 13.0 Å². The van der Waals surface area contributed by atoms with Crippen molar-refractivity contribution >= 4 is 33.2 Å². The Morgan fingerprint density at radius 3 is 3.11 bits per heavy atom. The summed E-state index contributed by atoms with van der Waals surface area (Å²) in [5.41, 5.74) is 0. The SMILES string of the molecule is C[C@@H]1CN(c2n[nH]c(-c3ccc(Br)s3)n2)CCN1. The third-order valence-electron chi connectivity index (χ3n) is 2.93. The van der Waals surface area contributed by atoms with Crippen molar-refractivity contribution in [2.24, 2.45) is 0 Å². The second-order valence-corrected chi connectivity index (χ2v) is 6.85. The number of nitrogens with one attached hydrogen (secondary N) is 2. The van der Waals surface area contributed by atoms with Gasteiger partial charge in [-0.3, -0.25) is 5.10 Å². The molecule has 18 heavy (non-hydrogen) atoms. The normalized spacial score (nSPS) is 20.3. The molecule has 0 spiro atoms. The van der Waals surface area contributed by atoms with E-state index >= 15 is 0 Å². The molecule has 2 N–H and O–H groups in total. The lowest BCUT2D eigenvalue weighted by molar-refractivity contribution is 0.480. The summed E-state index contributed by atoms with van der Waals surface area (Å²) in [6, 6.07) is 4.55. The first-order chi connectivity index (χ1) is 8.72. The van der Waals surface area contributed by atoms with Crippen LogP contribution in [0.2, 0.25) is 0 Å². The summed E-state index contributed by atoms with van der Waals surface area (Å²) in [7, 11) is 0. The van der Waals surface area contributed by atoms with Crippen LogP contribution in [0.25, 0.3) is 10.7 Å². The summed E-state index contributed by atoms with van der Waals surface area (Å²) in [5, 5.41) is 10.7. The van der Waals surface area contributed by atoms with Gasteiger partial charge in [0.2, 0.25) is 5.95 Å². The highest BCUT2D eigenvalue weighted by Gasteiger charge is 2.19. The Labute approximate surface area is 118 Å². The van der Waals surface area contributed by atoms with Crippen molar-refractivity contribution in [2.75, 3.05) is 24.5 Å². The summed E-state index contributed by atoms with van der Waals surface area (Å²) in [4.78, 5) is 7.89. The molecule has 1 aliphatic rings. The van der Waals surface area contributed by atoms with Gasteiger partial charge in [0.15, 0.2) is 5.82 Å². The highest BCUT2D eigenvalue weighted by molar-refractivity contribution is 9.11. The van der Waals surface area contributed by atoms with E-state index in [1.807, 2.05) is 12.1 Å². The van der Waals surface area contributed by atoms with E-state index in [1.54, 1.807) is 11.3 Å². The number of hydrogen-bond acceptors (Lipinski definition) is 5. The average molecular weight is 328 g/mol. The van der Waals surface area contributed by atoms with Crippen molar-refractivity contribution in [1.29, 1.82) is 0 Å². The largest absolute Gasteiger partial charge is 0.337 e. The molecule has 1 aliphatic heterocycles. The molecule has 0 amide bonds. The van der Waals surface area contributed by atoms with Crippen LogP contribution in [0.4, 0.5) is 5.95 Å². The summed E-state index contributed by atoms with van der Waals surface area (Å²) in [6.45, 7) is 5.06. The molecule has 5 nitrogen and oxygen atoms in total. The van der Waals surface area contributed by atoms with Gasteiger partial charge in [-0.05, 0) is 35.0 Å². The van der Waals surface area contributed by atoms with Gasteiger partial charge in [-0.1, -0.05) is 0 Å². The van der Waals surface area contributed by atoms with E-state index in [-0.39, 0.29) is 0 Å². The number of aromatic nitrogens is 3. The minimum Gasteiger partial charge on any atom is -0.337 e. The summed E-state index contributed by atoms with van der Waals surface area (Å²) in [6.07, 6.45) is 0. The first-order valence-electron chi connectivity index (χ1n) is 5.89. The third kappa shape index (κ3) is 2.43. The molecule has 2 aromatic rings. The minimum atomic E-state index is 0.483. The summed E-state index contributed by atoms with van der Waals surface area (Å²) >= 11 is 5.11. The second-order valence-electron chi connectivity index (χ2n) is 4.39. The summed E-state index contributed by atoms with van der Waals surface area (Å²) < 4.78 is 1.10. The van der Waals surface area contributed by atoms with Crippen LogP contribution in [-0.2, 0) is 0 Å². The Morgan fingerprint density at radius 2 is 2.39 bits per heavy atom. The van der Waals surface area contributed by atoms with E-state index < -0.39 is 0 Å². The second kappa shape index (κ2) is 4.99. The average Bonchev–Trinajstić information content (AvgIpc) is 2.97. The lowest BCUT2D eigenvalue weighted by Crippen LogP contribution is -2.49. The van der Waals surface area contributed by atoms with E-state index in [9.17, 15) is 0 Å². The van der Waals surface area contributed by atoms with Crippen molar-refractivity contribution in [1.82, 2.24) is 20.5 Å². The monoisotopic (exact) mass is 327 g/mol. The third-order valence-corrected chi connectivity index (χ3v) is 4.56. The number of nitrogens with zero attached hydrogens (tertiary/aromatic N) is 3. The fraction of sp³-hybridized carbons (Fsp3) is 0.455. The molecular weight excluding hydrogens is 314 g/mol. The molecular formula is C11H14BrN5S. The van der Waals surface area contributed by atoms with E-state index in [1.165, 1.54) is 0 Å². The standard InChI is InChI=1S/C11H14BrN5S/c1-7-6-17(5-4-13-7)11-14-10(15-16-11)8-2-3-9(12)18-8/h2-3,7,13H,4-6H2,1H3,(H,14,15,16)/t7-/m1/s1. The fourth-order valence-corrected chi connectivity index (χ4v) is 3.39. The number of piperazine rings is 1. The highest BCUT2D eigenvalue weighted by Crippen LogP contribution is 2.29. The molecule has 0 aliphatic carbocycles. The maximum absolute atomic E-state index is 4.57. The maximum Gasteiger partial charge on any atom is 0.245 e. The molecule has 1 saturated heterocycles. The molecule has 3 rings (SSSR count). The first-order valence-corrected chi connectivity index (χ1v) is 7.50. The van der Waals surface area contributed by atoms with Crippen LogP contribution in [0.1, 0.15) is 6.92 Å². The van der Waals surface area contributed by atoms with Crippen LogP contribution < -0.4 is 10.2 Å². The lowest BCUT2D eigenvalue weighted by atomic mass is 10.2. The molecule has 0 saturated carbocycles. The van der Waals surface area contributed by atoms with E-state index in [4.69, 9.17) is 0 Å². The molecule has 1 fully saturated rings.